The summed E-state index contributed by atoms with van der Waals surface area (Å²) in [7, 11) is 3.83. The normalized spacial score (nSPS) is 22.7. The lowest BCUT2D eigenvalue weighted by Crippen LogP contribution is -2.58. The van der Waals surface area contributed by atoms with Crippen molar-refractivity contribution < 1.29 is 14.6 Å². The molecule has 1 atom stereocenters. The van der Waals surface area contributed by atoms with Crippen molar-refractivity contribution in [1.82, 2.24) is 9.91 Å². The molecule has 6 nitrogen and oxygen atoms in total. The van der Waals surface area contributed by atoms with E-state index in [2.05, 4.69) is 23.0 Å². The van der Waals surface area contributed by atoms with Crippen LogP contribution in [0, 0.1) is 6.92 Å². The first-order valence-corrected chi connectivity index (χ1v) is 10.2. The van der Waals surface area contributed by atoms with Crippen molar-refractivity contribution in [2.75, 3.05) is 27.2 Å². The molecule has 3 heterocycles. The van der Waals surface area contributed by atoms with Gasteiger partial charge in [-0.05, 0) is 32.2 Å². The Hall–Kier alpha value is -2.73. The minimum atomic E-state index is -0.486. The van der Waals surface area contributed by atoms with Crippen molar-refractivity contribution in [2.45, 2.75) is 38.0 Å². The third-order valence-electron chi connectivity index (χ3n) is 6.44. The van der Waals surface area contributed by atoms with Crippen LogP contribution in [-0.2, 0) is 0 Å². The first-order valence-electron chi connectivity index (χ1n) is 10.2. The number of methoxy groups -OCH3 is 1. The molecular weight excluding hydrogens is 366 g/mol. The van der Waals surface area contributed by atoms with Crippen LogP contribution >= 0.6 is 0 Å². The topological polar surface area (TPSA) is 57.5 Å². The Morgan fingerprint density at radius 1 is 1.21 bits per heavy atom. The van der Waals surface area contributed by atoms with Crippen molar-refractivity contribution in [3.05, 3.63) is 53.1 Å². The summed E-state index contributed by atoms with van der Waals surface area (Å²) in [5.74, 6) is 1.89. The highest BCUT2D eigenvalue weighted by Crippen LogP contribution is 2.52. The lowest BCUT2D eigenvalue weighted by atomic mass is 9.90. The molecule has 2 aromatic carbocycles. The first kappa shape index (κ1) is 18.3. The van der Waals surface area contributed by atoms with Gasteiger partial charge in [0.15, 0.2) is 11.5 Å². The third-order valence-corrected chi connectivity index (χ3v) is 6.44. The largest absolute Gasteiger partial charge is 0.507 e. The summed E-state index contributed by atoms with van der Waals surface area (Å²) >= 11 is 0. The van der Waals surface area contributed by atoms with Gasteiger partial charge in [-0.25, -0.2) is 5.01 Å². The molecule has 29 heavy (non-hydrogen) atoms. The molecular formula is C23H27N3O3. The van der Waals surface area contributed by atoms with Gasteiger partial charge in [0.1, 0.15) is 5.75 Å². The number of piperidine rings is 1. The van der Waals surface area contributed by atoms with E-state index < -0.39 is 5.72 Å². The van der Waals surface area contributed by atoms with E-state index in [0.29, 0.717) is 0 Å². The molecule has 3 aliphatic heterocycles. The molecule has 0 aliphatic carbocycles. The molecule has 3 aliphatic rings. The van der Waals surface area contributed by atoms with E-state index in [1.165, 1.54) is 0 Å². The predicted octanol–water partition coefficient (Wildman–Crippen LogP) is 3.67. The Balaban J connectivity index is 1.63. The molecule has 0 aromatic heterocycles. The van der Waals surface area contributed by atoms with E-state index in [-0.39, 0.29) is 11.8 Å². The van der Waals surface area contributed by atoms with Crippen LogP contribution in [0.25, 0.3) is 0 Å². The quantitative estimate of drug-likeness (QED) is 0.844. The van der Waals surface area contributed by atoms with Crippen molar-refractivity contribution in [1.29, 1.82) is 0 Å². The van der Waals surface area contributed by atoms with Crippen molar-refractivity contribution in [3.8, 4) is 17.2 Å². The van der Waals surface area contributed by atoms with Gasteiger partial charge in [-0.2, -0.15) is 5.10 Å². The Morgan fingerprint density at radius 2 is 2.00 bits per heavy atom. The molecule has 0 saturated carbocycles. The minimum Gasteiger partial charge on any atom is -0.507 e. The molecule has 2 aromatic rings. The number of phenolic OH excluding ortho intramolecular Hbond substituents is 1. The minimum absolute atomic E-state index is 0.0761. The predicted molar refractivity (Wildman–Crippen MR) is 112 cm³/mol. The average Bonchev–Trinajstić information content (AvgIpc) is 3.18. The number of ether oxygens (including phenoxy) is 2. The molecule has 1 N–H and O–H groups in total. The molecule has 0 radical (unpaired) electrons. The Bertz CT molecular complexity index is 979. The van der Waals surface area contributed by atoms with Gasteiger partial charge in [0.05, 0.1) is 18.9 Å². The third kappa shape index (κ3) is 2.85. The Morgan fingerprint density at radius 3 is 2.76 bits per heavy atom. The number of rotatable bonds is 2. The summed E-state index contributed by atoms with van der Waals surface area (Å²) in [6, 6.07) is 11.8. The zero-order chi connectivity index (χ0) is 20.2. The number of hydrazone groups is 1. The second-order valence-electron chi connectivity index (χ2n) is 8.36. The Labute approximate surface area is 171 Å². The van der Waals surface area contributed by atoms with Gasteiger partial charge in [0.2, 0.25) is 5.72 Å². The molecule has 152 valence electrons. The molecule has 1 saturated heterocycles. The zero-order valence-corrected chi connectivity index (χ0v) is 17.2. The smallest absolute Gasteiger partial charge is 0.200 e. The summed E-state index contributed by atoms with van der Waals surface area (Å²) in [5, 5.41) is 17.7. The van der Waals surface area contributed by atoms with Gasteiger partial charge in [-0.15, -0.1) is 0 Å². The van der Waals surface area contributed by atoms with Crippen molar-refractivity contribution in [3.63, 3.8) is 0 Å². The summed E-state index contributed by atoms with van der Waals surface area (Å²) in [4.78, 5) is 2.33. The summed E-state index contributed by atoms with van der Waals surface area (Å²) in [5.41, 5.74) is 3.44. The number of hydrogen-bond acceptors (Lipinski definition) is 6. The maximum atomic E-state index is 10.5. The van der Waals surface area contributed by atoms with Crippen LogP contribution in [0.15, 0.2) is 41.5 Å². The van der Waals surface area contributed by atoms with Gasteiger partial charge in [0.25, 0.3) is 0 Å². The van der Waals surface area contributed by atoms with Gasteiger partial charge >= 0.3 is 0 Å². The number of fused-ring (bicyclic) bond motifs is 4. The van der Waals surface area contributed by atoms with Crippen LogP contribution in [0.2, 0.25) is 0 Å². The monoisotopic (exact) mass is 393 g/mol. The lowest BCUT2D eigenvalue weighted by Gasteiger charge is -2.50. The van der Waals surface area contributed by atoms with Gasteiger partial charge < -0.3 is 19.5 Å². The number of phenols is 1. The van der Waals surface area contributed by atoms with E-state index in [9.17, 15) is 5.11 Å². The van der Waals surface area contributed by atoms with E-state index in [1.807, 2.05) is 31.2 Å². The fraction of sp³-hybridized carbons (Fsp3) is 0.435. The fourth-order valence-corrected chi connectivity index (χ4v) is 4.77. The number of para-hydroxylation sites is 1. The molecule has 0 bridgehead atoms. The molecule has 1 spiro atoms. The second kappa shape index (κ2) is 6.66. The number of hydrogen-bond donors (Lipinski definition) is 1. The Kier molecular flexibility index (Phi) is 4.21. The van der Waals surface area contributed by atoms with Crippen molar-refractivity contribution >= 4 is 5.71 Å². The van der Waals surface area contributed by atoms with Gasteiger partial charge in [0, 0.05) is 43.5 Å². The van der Waals surface area contributed by atoms with Gasteiger partial charge in [-0.3, -0.25) is 0 Å². The maximum absolute atomic E-state index is 10.5. The average molecular weight is 393 g/mol. The highest BCUT2D eigenvalue weighted by Gasteiger charge is 2.52. The number of aromatic hydroxyl groups is 1. The zero-order valence-electron chi connectivity index (χ0n) is 17.2. The number of aryl methyl sites for hydroxylation is 1. The van der Waals surface area contributed by atoms with Crippen LogP contribution in [0.3, 0.4) is 0 Å². The van der Waals surface area contributed by atoms with Crippen LogP contribution in [0.1, 0.15) is 42.0 Å². The molecule has 5 rings (SSSR count). The van der Waals surface area contributed by atoms with Crippen LogP contribution in [0.5, 0.6) is 17.2 Å². The SMILES string of the molecule is COc1cccc2c1OC1(CCN(C)CC1)N1N=C(c3cc(C)ccc3O)CC21. The van der Waals surface area contributed by atoms with Gasteiger partial charge in [-0.1, -0.05) is 23.8 Å². The summed E-state index contributed by atoms with van der Waals surface area (Å²) in [6.07, 6.45) is 2.47. The summed E-state index contributed by atoms with van der Waals surface area (Å²) in [6.45, 7) is 3.94. The highest BCUT2D eigenvalue weighted by atomic mass is 16.5. The number of benzene rings is 2. The lowest BCUT2D eigenvalue weighted by molar-refractivity contribution is -0.148. The fourth-order valence-electron chi connectivity index (χ4n) is 4.77. The van der Waals surface area contributed by atoms with E-state index in [1.54, 1.807) is 13.2 Å². The molecule has 6 heteroatoms. The van der Waals surface area contributed by atoms with E-state index in [4.69, 9.17) is 14.6 Å². The summed E-state index contributed by atoms with van der Waals surface area (Å²) < 4.78 is 12.3. The molecule has 1 fully saturated rings. The van der Waals surface area contributed by atoms with E-state index >= 15 is 0 Å². The first-order chi connectivity index (χ1) is 14.0. The molecule has 1 unspecified atom stereocenters. The number of nitrogens with zero attached hydrogens (tertiary/aromatic N) is 3. The number of likely N-dealkylation sites (tertiary alicyclic amines) is 1. The second-order valence-corrected chi connectivity index (χ2v) is 8.36. The highest BCUT2D eigenvalue weighted by molar-refractivity contribution is 6.04. The molecule has 0 amide bonds. The van der Waals surface area contributed by atoms with Crippen molar-refractivity contribution in [2.24, 2.45) is 5.10 Å². The van der Waals surface area contributed by atoms with Crippen LogP contribution in [0.4, 0.5) is 0 Å². The maximum Gasteiger partial charge on any atom is 0.200 e. The van der Waals surface area contributed by atoms with Crippen LogP contribution < -0.4 is 9.47 Å². The van der Waals surface area contributed by atoms with Crippen LogP contribution in [-0.4, -0.2) is 53.7 Å². The van der Waals surface area contributed by atoms with E-state index in [0.717, 1.165) is 66.3 Å². The standard InChI is InChI=1S/C23H27N3O3/c1-15-7-8-20(27)17(13-15)18-14-19-16-5-4-6-21(28-3)22(16)29-23(26(19)24-18)9-11-25(2)12-10-23/h4-8,13,19,27H,9-12,14H2,1-3H3.